The highest BCUT2D eigenvalue weighted by atomic mass is 28.4. The SMILES string of the molecule is COC(=O)N1CCC(OC)(O[Si](C)(C)C)C1c1ccc(C#N)cc1. The average molecular weight is 348 g/mol. The summed E-state index contributed by atoms with van der Waals surface area (Å²) in [5.41, 5.74) is 1.42. The largest absolute Gasteiger partial charge is 0.453 e. The topological polar surface area (TPSA) is 71.8 Å². The normalized spacial score (nSPS) is 23.8. The van der Waals surface area contributed by atoms with E-state index in [0.717, 1.165) is 5.56 Å². The number of nitrogens with zero attached hydrogens (tertiary/aromatic N) is 2. The number of carbonyl (C=O) groups excluding carboxylic acids is 1. The molecule has 0 spiro atoms. The van der Waals surface area contributed by atoms with Crippen LogP contribution in [0.1, 0.15) is 23.6 Å². The van der Waals surface area contributed by atoms with E-state index in [1.807, 2.05) is 12.1 Å². The lowest BCUT2D eigenvalue weighted by Crippen LogP contribution is -2.49. The summed E-state index contributed by atoms with van der Waals surface area (Å²) in [6.07, 6.45) is 0.149. The van der Waals surface area contributed by atoms with E-state index in [4.69, 9.17) is 19.2 Å². The number of hydrogen-bond donors (Lipinski definition) is 0. The van der Waals surface area contributed by atoms with Crippen LogP contribution in [0.25, 0.3) is 0 Å². The Morgan fingerprint density at radius 2 is 1.92 bits per heavy atom. The molecular formula is C17H24N2O4Si. The molecule has 0 radical (unpaired) electrons. The number of hydrogen-bond acceptors (Lipinski definition) is 5. The van der Waals surface area contributed by atoms with Crippen molar-refractivity contribution in [3.63, 3.8) is 0 Å². The lowest BCUT2D eigenvalue weighted by atomic mass is 9.98. The van der Waals surface area contributed by atoms with Crippen LogP contribution in [0.5, 0.6) is 0 Å². The second kappa shape index (κ2) is 6.93. The van der Waals surface area contributed by atoms with Crippen molar-refractivity contribution in [2.24, 2.45) is 0 Å². The van der Waals surface area contributed by atoms with Crippen LogP contribution < -0.4 is 0 Å². The molecule has 1 saturated heterocycles. The van der Waals surface area contributed by atoms with Crippen LogP contribution in [0.15, 0.2) is 24.3 Å². The highest BCUT2D eigenvalue weighted by Crippen LogP contribution is 2.45. The Balaban J connectivity index is 2.49. The van der Waals surface area contributed by atoms with Crippen molar-refractivity contribution in [1.82, 2.24) is 4.90 Å². The van der Waals surface area contributed by atoms with Gasteiger partial charge in [-0.25, -0.2) is 4.79 Å². The summed E-state index contributed by atoms with van der Waals surface area (Å²) in [6.45, 7) is 6.74. The van der Waals surface area contributed by atoms with Gasteiger partial charge in [-0.05, 0) is 37.3 Å². The fourth-order valence-electron chi connectivity index (χ4n) is 3.15. The highest BCUT2D eigenvalue weighted by molar-refractivity contribution is 6.69. The monoisotopic (exact) mass is 348 g/mol. The first kappa shape index (κ1) is 18.5. The fraction of sp³-hybridized carbons (Fsp3) is 0.529. The Kier molecular flexibility index (Phi) is 5.33. The van der Waals surface area contributed by atoms with E-state index in [2.05, 4.69) is 25.7 Å². The molecule has 1 heterocycles. The van der Waals surface area contributed by atoms with Gasteiger partial charge in [0.05, 0.1) is 18.7 Å². The van der Waals surface area contributed by atoms with Crippen LogP contribution in [-0.2, 0) is 13.9 Å². The first-order valence-electron chi connectivity index (χ1n) is 7.86. The molecule has 1 aliphatic heterocycles. The minimum atomic E-state index is -1.94. The Morgan fingerprint density at radius 1 is 1.29 bits per heavy atom. The predicted molar refractivity (Wildman–Crippen MR) is 91.8 cm³/mol. The molecule has 0 saturated carbocycles. The van der Waals surface area contributed by atoms with Crippen LogP contribution in [0.3, 0.4) is 0 Å². The summed E-state index contributed by atoms with van der Waals surface area (Å²) in [7, 11) is 1.04. The Hall–Kier alpha value is -1.88. The Labute approximate surface area is 144 Å². The van der Waals surface area contributed by atoms with Crippen molar-refractivity contribution in [3.8, 4) is 6.07 Å². The minimum absolute atomic E-state index is 0.414. The summed E-state index contributed by atoms with van der Waals surface area (Å²) in [4.78, 5) is 13.9. The maximum Gasteiger partial charge on any atom is 0.410 e. The average Bonchev–Trinajstić information content (AvgIpc) is 2.92. The van der Waals surface area contributed by atoms with Crippen LogP contribution in [0, 0.1) is 11.3 Å². The molecule has 130 valence electrons. The third kappa shape index (κ3) is 3.61. The van der Waals surface area contributed by atoms with E-state index in [9.17, 15) is 4.79 Å². The van der Waals surface area contributed by atoms with Crippen LogP contribution >= 0.6 is 0 Å². The quantitative estimate of drug-likeness (QED) is 0.617. The molecule has 1 amide bonds. The van der Waals surface area contributed by atoms with Crippen molar-refractivity contribution in [2.45, 2.75) is 37.9 Å². The smallest absolute Gasteiger partial charge is 0.410 e. The molecule has 2 atom stereocenters. The second-order valence-electron chi connectivity index (χ2n) is 6.78. The summed E-state index contributed by atoms with van der Waals surface area (Å²) in [6, 6.07) is 8.83. The number of benzene rings is 1. The second-order valence-corrected chi connectivity index (χ2v) is 11.2. The van der Waals surface area contributed by atoms with Crippen molar-refractivity contribution < 1.29 is 18.7 Å². The fourth-order valence-corrected chi connectivity index (χ4v) is 4.48. The zero-order valence-electron chi connectivity index (χ0n) is 14.8. The molecule has 2 unspecified atom stereocenters. The van der Waals surface area contributed by atoms with Gasteiger partial charge in [-0.3, -0.25) is 4.90 Å². The summed E-state index contributed by atoms with van der Waals surface area (Å²) >= 11 is 0. The van der Waals surface area contributed by atoms with Gasteiger partial charge in [-0.2, -0.15) is 5.26 Å². The molecule has 6 nitrogen and oxygen atoms in total. The zero-order chi connectivity index (χ0) is 18.0. The van der Waals surface area contributed by atoms with Crippen molar-refractivity contribution in [2.75, 3.05) is 20.8 Å². The minimum Gasteiger partial charge on any atom is -0.453 e. The molecule has 2 rings (SSSR count). The number of methoxy groups -OCH3 is 2. The predicted octanol–water partition coefficient (Wildman–Crippen LogP) is 3.27. The first-order chi connectivity index (χ1) is 11.3. The third-order valence-electron chi connectivity index (χ3n) is 4.02. The molecule has 0 aliphatic carbocycles. The van der Waals surface area contributed by atoms with Crippen molar-refractivity contribution >= 4 is 14.4 Å². The molecule has 7 heteroatoms. The van der Waals surface area contributed by atoms with Crippen LogP contribution in [-0.4, -0.2) is 45.9 Å². The molecule has 0 aromatic heterocycles. The Bertz CT molecular complexity index is 635. The first-order valence-corrected chi connectivity index (χ1v) is 11.3. The number of nitriles is 1. The molecule has 0 N–H and O–H groups in total. The van der Waals surface area contributed by atoms with Crippen molar-refractivity contribution in [1.29, 1.82) is 5.26 Å². The number of amides is 1. The van der Waals surface area contributed by atoms with E-state index in [1.165, 1.54) is 7.11 Å². The summed E-state index contributed by atoms with van der Waals surface area (Å²) in [5, 5.41) is 9.00. The van der Waals surface area contributed by atoms with Gasteiger partial charge in [0.15, 0.2) is 14.1 Å². The van der Waals surface area contributed by atoms with Gasteiger partial charge < -0.3 is 13.9 Å². The van der Waals surface area contributed by atoms with E-state index < -0.39 is 26.2 Å². The number of rotatable bonds is 4. The van der Waals surface area contributed by atoms with Gasteiger partial charge in [-0.15, -0.1) is 0 Å². The van der Waals surface area contributed by atoms with E-state index in [-0.39, 0.29) is 0 Å². The molecule has 24 heavy (non-hydrogen) atoms. The molecule has 1 aromatic rings. The number of carbonyl (C=O) groups is 1. The Morgan fingerprint density at radius 3 is 2.38 bits per heavy atom. The molecule has 1 aliphatic rings. The zero-order valence-corrected chi connectivity index (χ0v) is 15.8. The number of ether oxygens (including phenoxy) is 2. The standard InChI is InChI=1S/C17H24N2O4Si/c1-21-16(20)19-11-10-17(22-2,23-24(3,4)5)15(19)14-8-6-13(12-18)7-9-14/h6-9,15H,10-11H2,1-5H3. The summed E-state index contributed by atoms with van der Waals surface area (Å²) < 4.78 is 17.1. The lowest BCUT2D eigenvalue weighted by Gasteiger charge is -2.40. The van der Waals surface area contributed by atoms with E-state index >= 15 is 0 Å². The molecule has 1 aromatic carbocycles. The maximum absolute atomic E-state index is 12.2. The van der Waals surface area contributed by atoms with Gasteiger partial charge >= 0.3 is 6.09 Å². The summed E-state index contributed by atoms with van der Waals surface area (Å²) in [5.74, 6) is -0.910. The van der Waals surface area contributed by atoms with Crippen LogP contribution in [0.4, 0.5) is 4.79 Å². The lowest BCUT2D eigenvalue weighted by molar-refractivity contribution is -0.185. The van der Waals surface area contributed by atoms with Gasteiger partial charge in [0.1, 0.15) is 6.04 Å². The molecular weight excluding hydrogens is 324 g/mol. The van der Waals surface area contributed by atoms with Gasteiger partial charge in [-0.1, -0.05) is 12.1 Å². The third-order valence-corrected chi connectivity index (χ3v) is 4.98. The van der Waals surface area contributed by atoms with Crippen LogP contribution in [0.2, 0.25) is 19.6 Å². The number of likely N-dealkylation sites (tertiary alicyclic amines) is 1. The molecule has 1 fully saturated rings. The van der Waals surface area contributed by atoms with Gasteiger partial charge in [0.2, 0.25) is 0 Å². The van der Waals surface area contributed by atoms with Gasteiger partial charge in [0.25, 0.3) is 0 Å². The molecule has 0 bridgehead atoms. The van der Waals surface area contributed by atoms with E-state index in [1.54, 1.807) is 24.1 Å². The highest BCUT2D eigenvalue weighted by Gasteiger charge is 2.53. The van der Waals surface area contributed by atoms with E-state index in [0.29, 0.717) is 18.5 Å². The maximum atomic E-state index is 12.2. The van der Waals surface area contributed by atoms with Crippen molar-refractivity contribution in [3.05, 3.63) is 35.4 Å². The van der Waals surface area contributed by atoms with Gasteiger partial charge in [0, 0.05) is 20.1 Å².